The normalized spacial score (nSPS) is 16.8. The maximum atomic E-state index is 11.6. The van der Waals surface area contributed by atoms with Crippen LogP contribution in [0.5, 0.6) is 0 Å². The highest BCUT2D eigenvalue weighted by molar-refractivity contribution is 5.82. The van der Waals surface area contributed by atoms with Crippen LogP contribution in [0.3, 0.4) is 0 Å². The van der Waals surface area contributed by atoms with E-state index in [1.54, 1.807) is 24.3 Å². The number of carbonyl (C=O) groups is 1. The minimum atomic E-state index is 0.0971. The quantitative estimate of drug-likeness (QED) is 0.708. The Balaban J connectivity index is 2.21. The van der Waals surface area contributed by atoms with E-state index in [1.807, 2.05) is 4.90 Å². The van der Waals surface area contributed by atoms with Crippen LogP contribution in [0.15, 0.2) is 12.4 Å². The number of piperazine rings is 1. The van der Waals surface area contributed by atoms with Crippen molar-refractivity contribution in [2.75, 3.05) is 31.6 Å². The van der Waals surface area contributed by atoms with Crippen LogP contribution in [-0.4, -0.2) is 47.5 Å². The summed E-state index contributed by atoms with van der Waals surface area (Å²) in [7, 11) is 1.81. The van der Waals surface area contributed by atoms with Crippen LogP contribution in [0.1, 0.15) is 5.69 Å². The second-order valence-electron chi connectivity index (χ2n) is 3.77. The Morgan fingerprint density at radius 1 is 1.38 bits per heavy atom. The van der Waals surface area contributed by atoms with Gasteiger partial charge in [-0.25, -0.2) is 4.98 Å². The third-order valence-corrected chi connectivity index (χ3v) is 2.70. The van der Waals surface area contributed by atoms with Gasteiger partial charge in [0.1, 0.15) is 0 Å². The lowest BCUT2D eigenvalue weighted by Crippen LogP contribution is -2.49. The van der Waals surface area contributed by atoms with Crippen LogP contribution in [0, 0.1) is 0 Å². The molecule has 6 heteroatoms. The van der Waals surface area contributed by atoms with Gasteiger partial charge in [-0.3, -0.25) is 9.78 Å². The first-order valence-corrected chi connectivity index (χ1v) is 5.21. The van der Waals surface area contributed by atoms with E-state index in [4.69, 9.17) is 5.73 Å². The highest BCUT2D eigenvalue weighted by atomic mass is 16.2. The molecule has 1 aromatic heterocycles. The molecule has 1 amide bonds. The monoisotopic (exact) mass is 221 g/mol. The Morgan fingerprint density at radius 2 is 2.12 bits per heavy atom. The predicted octanol–water partition coefficient (Wildman–Crippen LogP) is -0.786. The van der Waals surface area contributed by atoms with Crippen molar-refractivity contribution in [3.8, 4) is 0 Å². The zero-order chi connectivity index (χ0) is 11.5. The molecule has 2 heterocycles. The second-order valence-corrected chi connectivity index (χ2v) is 3.77. The van der Waals surface area contributed by atoms with Crippen molar-refractivity contribution < 1.29 is 4.79 Å². The Morgan fingerprint density at radius 3 is 2.81 bits per heavy atom. The molecule has 1 fully saturated rings. The average molecular weight is 221 g/mol. The Labute approximate surface area is 94.1 Å². The van der Waals surface area contributed by atoms with Gasteiger partial charge >= 0.3 is 0 Å². The molecule has 0 bridgehead atoms. The summed E-state index contributed by atoms with van der Waals surface area (Å²) in [4.78, 5) is 23.6. The number of anilines is 1. The predicted molar refractivity (Wildman–Crippen MR) is 59.8 cm³/mol. The van der Waals surface area contributed by atoms with E-state index in [1.165, 1.54) is 0 Å². The Hall–Kier alpha value is -1.69. The highest BCUT2D eigenvalue weighted by Crippen LogP contribution is 2.16. The smallest absolute Gasteiger partial charge is 0.241 e. The molecule has 86 valence electrons. The molecule has 0 saturated carbocycles. The fourth-order valence-electron chi connectivity index (χ4n) is 1.71. The molecule has 1 aliphatic rings. The number of carbonyl (C=O) groups excluding carboxylic acids is 1. The third-order valence-electron chi connectivity index (χ3n) is 2.70. The van der Waals surface area contributed by atoms with Gasteiger partial charge < -0.3 is 15.5 Å². The summed E-state index contributed by atoms with van der Waals surface area (Å²) in [6, 6.07) is 0. The summed E-state index contributed by atoms with van der Waals surface area (Å²) in [5, 5.41) is 0. The second kappa shape index (κ2) is 4.44. The fourth-order valence-corrected chi connectivity index (χ4v) is 1.71. The first-order chi connectivity index (χ1) is 7.72. The standard InChI is InChI=1S/C10H15N5O/c1-14-4-5-15(7-9(14)16)10-8(6-11)12-2-3-13-10/h2-3H,4-7,11H2,1H3. The topological polar surface area (TPSA) is 75.3 Å². The molecule has 0 radical (unpaired) electrons. The maximum absolute atomic E-state index is 11.6. The number of nitrogens with zero attached hydrogens (tertiary/aromatic N) is 4. The number of hydrogen-bond acceptors (Lipinski definition) is 5. The van der Waals surface area contributed by atoms with Crippen molar-refractivity contribution in [1.82, 2.24) is 14.9 Å². The van der Waals surface area contributed by atoms with E-state index in [0.29, 0.717) is 19.6 Å². The molecule has 1 aromatic rings. The molecule has 16 heavy (non-hydrogen) atoms. The van der Waals surface area contributed by atoms with Crippen LogP contribution >= 0.6 is 0 Å². The average Bonchev–Trinajstić information content (AvgIpc) is 2.32. The summed E-state index contributed by atoms with van der Waals surface area (Å²) in [6.45, 7) is 2.17. The van der Waals surface area contributed by atoms with Gasteiger partial charge in [0.15, 0.2) is 5.82 Å². The number of hydrogen-bond donors (Lipinski definition) is 1. The van der Waals surface area contributed by atoms with E-state index < -0.39 is 0 Å². The molecule has 1 saturated heterocycles. The minimum absolute atomic E-state index is 0.0971. The summed E-state index contributed by atoms with van der Waals surface area (Å²) in [5.41, 5.74) is 6.33. The largest absolute Gasteiger partial charge is 0.344 e. The molecule has 0 aromatic carbocycles. The molecule has 0 spiro atoms. The van der Waals surface area contributed by atoms with Gasteiger partial charge in [-0.1, -0.05) is 0 Å². The van der Waals surface area contributed by atoms with Gasteiger partial charge in [-0.2, -0.15) is 0 Å². The molecule has 2 rings (SSSR count). The summed E-state index contributed by atoms with van der Waals surface area (Å²) >= 11 is 0. The summed E-state index contributed by atoms with van der Waals surface area (Å²) in [5.74, 6) is 0.825. The third kappa shape index (κ3) is 1.96. The van der Waals surface area contributed by atoms with Crippen molar-refractivity contribution in [1.29, 1.82) is 0 Å². The van der Waals surface area contributed by atoms with Crippen molar-refractivity contribution in [3.05, 3.63) is 18.1 Å². The van der Waals surface area contributed by atoms with Crippen LogP contribution in [-0.2, 0) is 11.3 Å². The highest BCUT2D eigenvalue weighted by Gasteiger charge is 2.23. The first-order valence-electron chi connectivity index (χ1n) is 5.21. The van der Waals surface area contributed by atoms with Crippen LogP contribution < -0.4 is 10.6 Å². The fraction of sp³-hybridized carbons (Fsp3) is 0.500. The van der Waals surface area contributed by atoms with E-state index in [0.717, 1.165) is 18.1 Å². The van der Waals surface area contributed by atoms with Gasteiger partial charge in [-0.05, 0) is 0 Å². The van der Waals surface area contributed by atoms with Gasteiger partial charge in [0.25, 0.3) is 0 Å². The number of aromatic nitrogens is 2. The molecule has 0 atom stereocenters. The van der Waals surface area contributed by atoms with Crippen molar-refractivity contribution in [3.63, 3.8) is 0 Å². The lowest BCUT2D eigenvalue weighted by Gasteiger charge is -2.33. The molecule has 0 unspecified atom stereocenters. The number of amides is 1. The van der Waals surface area contributed by atoms with Crippen LogP contribution in [0.2, 0.25) is 0 Å². The van der Waals surface area contributed by atoms with Gasteiger partial charge in [0.05, 0.1) is 12.2 Å². The lowest BCUT2D eigenvalue weighted by atomic mass is 10.3. The Bertz CT molecular complexity index is 395. The van der Waals surface area contributed by atoms with E-state index in [2.05, 4.69) is 9.97 Å². The molecular weight excluding hydrogens is 206 g/mol. The van der Waals surface area contributed by atoms with Gasteiger partial charge in [0, 0.05) is 39.1 Å². The van der Waals surface area contributed by atoms with Crippen molar-refractivity contribution in [2.24, 2.45) is 5.73 Å². The molecule has 2 N–H and O–H groups in total. The van der Waals surface area contributed by atoms with E-state index >= 15 is 0 Å². The van der Waals surface area contributed by atoms with Crippen molar-refractivity contribution in [2.45, 2.75) is 6.54 Å². The summed E-state index contributed by atoms with van der Waals surface area (Å²) < 4.78 is 0. The molecular formula is C10H15N5O. The molecule has 6 nitrogen and oxygen atoms in total. The van der Waals surface area contributed by atoms with Gasteiger partial charge in [0.2, 0.25) is 5.91 Å². The zero-order valence-electron chi connectivity index (χ0n) is 9.26. The SMILES string of the molecule is CN1CCN(c2nccnc2CN)CC1=O. The lowest BCUT2D eigenvalue weighted by molar-refractivity contribution is -0.129. The minimum Gasteiger partial charge on any atom is -0.344 e. The van der Waals surface area contributed by atoms with Crippen LogP contribution in [0.4, 0.5) is 5.82 Å². The first kappa shape index (κ1) is 10.8. The maximum Gasteiger partial charge on any atom is 0.241 e. The van der Waals surface area contributed by atoms with Crippen molar-refractivity contribution >= 4 is 11.7 Å². The van der Waals surface area contributed by atoms with E-state index in [9.17, 15) is 4.79 Å². The number of likely N-dealkylation sites (N-methyl/N-ethyl adjacent to an activating group) is 1. The number of nitrogens with two attached hydrogens (primary N) is 1. The zero-order valence-corrected chi connectivity index (χ0v) is 9.26. The Kier molecular flexibility index (Phi) is 3.00. The summed E-state index contributed by atoms with van der Waals surface area (Å²) in [6.07, 6.45) is 3.24. The van der Waals surface area contributed by atoms with Gasteiger partial charge in [-0.15, -0.1) is 0 Å². The number of rotatable bonds is 2. The van der Waals surface area contributed by atoms with E-state index in [-0.39, 0.29) is 5.91 Å². The molecule has 1 aliphatic heterocycles. The molecule has 0 aliphatic carbocycles. The van der Waals surface area contributed by atoms with Crippen LogP contribution in [0.25, 0.3) is 0 Å².